The number of aromatic nitrogens is 2. The Balaban J connectivity index is 1.43. The number of aryl methyl sites for hydroxylation is 1. The van der Waals surface area contributed by atoms with Crippen molar-refractivity contribution in [3.63, 3.8) is 0 Å². The van der Waals surface area contributed by atoms with Crippen molar-refractivity contribution in [3.05, 3.63) is 89.6 Å². The number of nitrogens with zero attached hydrogens (tertiary/aromatic N) is 2. The van der Waals surface area contributed by atoms with E-state index in [-0.39, 0.29) is 5.91 Å². The summed E-state index contributed by atoms with van der Waals surface area (Å²) in [7, 11) is 0. The molecule has 0 fully saturated rings. The number of rotatable bonds is 5. The van der Waals surface area contributed by atoms with Crippen LogP contribution in [-0.4, -0.2) is 15.9 Å². The number of hydrogen-bond donors (Lipinski definition) is 1. The number of anilines is 1. The average molecular weight is 385 g/mol. The zero-order chi connectivity index (χ0) is 19.3. The van der Waals surface area contributed by atoms with Crippen LogP contribution < -0.4 is 5.32 Å². The van der Waals surface area contributed by atoms with Crippen molar-refractivity contribution < 1.29 is 4.79 Å². The van der Waals surface area contributed by atoms with E-state index in [0.29, 0.717) is 6.42 Å². The molecule has 2 aromatic carbocycles. The minimum Gasteiger partial charge on any atom is -0.326 e. The Morgan fingerprint density at radius 1 is 1.00 bits per heavy atom. The fraction of sp³-hybridized carbons (Fsp3) is 0.0870. The molecular weight excluding hydrogens is 366 g/mol. The Morgan fingerprint density at radius 3 is 2.54 bits per heavy atom. The maximum absolute atomic E-state index is 12.3. The largest absolute Gasteiger partial charge is 0.326 e. The lowest BCUT2D eigenvalue weighted by Crippen LogP contribution is -2.14. The third-order valence-corrected chi connectivity index (χ3v) is 5.24. The molecule has 2 aromatic heterocycles. The monoisotopic (exact) mass is 385 g/mol. The summed E-state index contributed by atoms with van der Waals surface area (Å²) in [5.41, 5.74) is 5.96. The molecule has 0 saturated carbocycles. The van der Waals surface area contributed by atoms with E-state index in [2.05, 4.69) is 15.7 Å². The number of carbonyl (C=O) groups is 1. The van der Waals surface area contributed by atoms with Crippen molar-refractivity contribution in [2.45, 2.75) is 13.3 Å². The number of amides is 1. The van der Waals surface area contributed by atoms with Crippen molar-refractivity contribution in [2.24, 2.45) is 0 Å². The first-order valence-electron chi connectivity index (χ1n) is 8.99. The van der Waals surface area contributed by atoms with Gasteiger partial charge in [0.05, 0.1) is 12.1 Å². The summed E-state index contributed by atoms with van der Waals surface area (Å²) in [6.07, 6.45) is 3.88. The van der Waals surface area contributed by atoms with Gasteiger partial charge in [0.1, 0.15) is 5.01 Å². The predicted octanol–water partition coefficient (Wildman–Crippen LogP) is 5.36. The van der Waals surface area contributed by atoms with Gasteiger partial charge in [0.15, 0.2) is 0 Å². The van der Waals surface area contributed by atoms with Crippen LogP contribution in [-0.2, 0) is 11.2 Å². The van der Waals surface area contributed by atoms with Crippen LogP contribution in [0.25, 0.3) is 21.8 Å². The quantitative estimate of drug-likeness (QED) is 0.503. The van der Waals surface area contributed by atoms with Crippen LogP contribution in [0.1, 0.15) is 11.1 Å². The Labute approximate surface area is 167 Å². The minimum atomic E-state index is -0.0213. The summed E-state index contributed by atoms with van der Waals surface area (Å²) in [5.74, 6) is -0.0213. The van der Waals surface area contributed by atoms with Gasteiger partial charge in [-0.1, -0.05) is 36.4 Å². The normalized spacial score (nSPS) is 10.6. The predicted molar refractivity (Wildman–Crippen MR) is 114 cm³/mol. The molecule has 138 valence electrons. The Kier molecular flexibility index (Phi) is 5.26. The van der Waals surface area contributed by atoms with E-state index in [1.165, 1.54) is 0 Å². The lowest BCUT2D eigenvalue weighted by Gasteiger charge is -2.06. The summed E-state index contributed by atoms with van der Waals surface area (Å²) < 4.78 is 0. The van der Waals surface area contributed by atoms with Gasteiger partial charge in [0.2, 0.25) is 5.91 Å². The molecule has 0 spiro atoms. The van der Waals surface area contributed by atoms with Crippen molar-refractivity contribution in [1.82, 2.24) is 9.97 Å². The minimum absolute atomic E-state index is 0.0213. The van der Waals surface area contributed by atoms with E-state index in [1.807, 2.05) is 67.6 Å². The molecule has 0 aliphatic heterocycles. The lowest BCUT2D eigenvalue weighted by atomic mass is 10.1. The van der Waals surface area contributed by atoms with E-state index in [0.717, 1.165) is 38.6 Å². The molecule has 1 amide bonds. The Hall–Kier alpha value is -3.31. The maximum Gasteiger partial charge on any atom is 0.228 e. The van der Waals surface area contributed by atoms with Crippen molar-refractivity contribution in [1.29, 1.82) is 0 Å². The smallest absolute Gasteiger partial charge is 0.228 e. The second-order valence-electron chi connectivity index (χ2n) is 6.57. The first kappa shape index (κ1) is 18.1. The van der Waals surface area contributed by atoms with Gasteiger partial charge in [-0.05, 0) is 42.3 Å². The number of hydrogen-bond acceptors (Lipinski definition) is 4. The highest BCUT2D eigenvalue weighted by atomic mass is 32.1. The second kappa shape index (κ2) is 8.15. The summed E-state index contributed by atoms with van der Waals surface area (Å²) in [6, 6.07) is 19.7. The molecule has 0 saturated heterocycles. The average Bonchev–Trinajstić information content (AvgIpc) is 3.19. The number of thiazole rings is 1. The van der Waals surface area contributed by atoms with Gasteiger partial charge in [-0.3, -0.25) is 9.78 Å². The number of benzene rings is 2. The van der Waals surface area contributed by atoms with E-state index in [1.54, 1.807) is 23.7 Å². The van der Waals surface area contributed by atoms with E-state index in [4.69, 9.17) is 4.98 Å². The topological polar surface area (TPSA) is 54.9 Å². The molecule has 4 aromatic rings. The molecule has 5 heteroatoms. The van der Waals surface area contributed by atoms with Gasteiger partial charge >= 0.3 is 0 Å². The molecular formula is C23H19N3OS. The van der Waals surface area contributed by atoms with Gasteiger partial charge in [0.25, 0.3) is 0 Å². The van der Waals surface area contributed by atoms with Crippen LogP contribution in [0.2, 0.25) is 0 Å². The molecule has 0 unspecified atom stereocenters. The summed E-state index contributed by atoms with van der Waals surface area (Å²) in [5, 5.41) is 5.97. The number of carbonyl (C=O) groups excluding carboxylic acids is 1. The lowest BCUT2D eigenvalue weighted by molar-refractivity contribution is -0.115. The van der Waals surface area contributed by atoms with Crippen molar-refractivity contribution in [3.8, 4) is 21.8 Å². The van der Waals surface area contributed by atoms with Crippen LogP contribution in [0.3, 0.4) is 0 Å². The summed E-state index contributed by atoms with van der Waals surface area (Å²) in [6.45, 7) is 2.01. The first-order valence-corrected chi connectivity index (χ1v) is 9.87. The molecule has 2 heterocycles. The fourth-order valence-corrected chi connectivity index (χ4v) is 3.78. The molecule has 0 aliphatic carbocycles. The molecule has 28 heavy (non-hydrogen) atoms. The second-order valence-corrected chi connectivity index (χ2v) is 7.42. The molecule has 0 atom stereocenters. The van der Waals surface area contributed by atoms with Gasteiger partial charge in [-0.15, -0.1) is 11.3 Å². The SMILES string of the molecule is Cc1cccc(NC(=O)Cc2ccc(-c3csc(-c4ccncc4)n3)cc2)c1. The molecule has 0 bridgehead atoms. The van der Waals surface area contributed by atoms with Crippen LogP contribution in [0, 0.1) is 6.92 Å². The van der Waals surface area contributed by atoms with Gasteiger partial charge < -0.3 is 5.32 Å². The van der Waals surface area contributed by atoms with Crippen molar-refractivity contribution in [2.75, 3.05) is 5.32 Å². The highest BCUT2D eigenvalue weighted by molar-refractivity contribution is 7.13. The van der Waals surface area contributed by atoms with E-state index < -0.39 is 0 Å². The molecule has 4 nitrogen and oxygen atoms in total. The summed E-state index contributed by atoms with van der Waals surface area (Å²) >= 11 is 1.61. The van der Waals surface area contributed by atoms with E-state index >= 15 is 0 Å². The van der Waals surface area contributed by atoms with Gasteiger partial charge in [0, 0.05) is 34.6 Å². The van der Waals surface area contributed by atoms with Crippen LogP contribution >= 0.6 is 11.3 Å². The zero-order valence-electron chi connectivity index (χ0n) is 15.4. The molecule has 4 rings (SSSR count). The zero-order valence-corrected chi connectivity index (χ0v) is 16.2. The third-order valence-electron chi connectivity index (χ3n) is 4.35. The highest BCUT2D eigenvalue weighted by Crippen LogP contribution is 2.28. The van der Waals surface area contributed by atoms with Crippen LogP contribution in [0.4, 0.5) is 5.69 Å². The van der Waals surface area contributed by atoms with Crippen LogP contribution in [0.15, 0.2) is 78.4 Å². The van der Waals surface area contributed by atoms with Gasteiger partial charge in [-0.2, -0.15) is 0 Å². The number of nitrogens with one attached hydrogen (secondary N) is 1. The highest BCUT2D eigenvalue weighted by Gasteiger charge is 2.08. The third kappa shape index (κ3) is 4.32. The summed E-state index contributed by atoms with van der Waals surface area (Å²) in [4.78, 5) is 21.0. The first-order chi connectivity index (χ1) is 13.7. The molecule has 1 N–H and O–H groups in total. The van der Waals surface area contributed by atoms with E-state index in [9.17, 15) is 4.79 Å². The Morgan fingerprint density at radius 2 is 1.79 bits per heavy atom. The molecule has 0 radical (unpaired) electrons. The van der Waals surface area contributed by atoms with Crippen molar-refractivity contribution >= 4 is 22.9 Å². The number of pyridine rings is 1. The standard InChI is InChI=1S/C23H19N3OS/c1-16-3-2-4-20(13-16)25-22(27)14-17-5-7-18(8-6-17)21-15-28-23(26-21)19-9-11-24-12-10-19/h2-13,15H,14H2,1H3,(H,25,27). The Bertz CT molecular complexity index is 1090. The van der Waals surface area contributed by atoms with Gasteiger partial charge in [-0.25, -0.2) is 4.98 Å². The fourth-order valence-electron chi connectivity index (χ4n) is 2.94. The molecule has 0 aliphatic rings. The maximum atomic E-state index is 12.3. The van der Waals surface area contributed by atoms with Crippen LogP contribution in [0.5, 0.6) is 0 Å².